The van der Waals surface area contributed by atoms with Crippen molar-refractivity contribution in [1.29, 1.82) is 0 Å². The molecule has 3 aromatic rings. The third-order valence-corrected chi connectivity index (χ3v) is 4.87. The molecule has 1 saturated heterocycles. The van der Waals surface area contributed by atoms with E-state index in [1.807, 2.05) is 35.8 Å². The van der Waals surface area contributed by atoms with Gasteiger partial charge in [-0.1, -0.05) is 18.2 Å². The second-order valence-electron chi connectivity index (χ2n) is 6.80. The van der Waals surface area contributed by atoms with Crippen LogP contribution in [-0.2, 0) is 18.4 Å². The Labute approximate surface area is 151 Å². The van der Waals surface area contributed by atoms with Crippen LogP contribution in [0.25, 0.3) is 10.9 Å². The summed E-state index contributed by atoms with van der Waals surface area (Å²) in [7, 11) is 1.80. The number of fused-ring (bicyclic) bond motifs is 1. The van der Waals surface area contributed by atoms with Crippen LogP contribution in [0.5, 0.6) is 5.75 Å². The Morgan fingerprint density at radius 1 is 1.35 bits per heavy atom. The lowest BCUT2D eigenvalue weighted by Gasteiger charge is -2.18. The van der Waals surface area contributed by atoms with Crippen LogP contribution < -0.4 is 4.74 Å². The molecule has 1 aliphatic heterocycles. The molecule has 0 aliphatic carbocycles. The van der Waals surface area contributed by atoms with Crippen molar-refractivity contribution in [3.63, 3.8) is 0 Å². The van der Waals surface area contributed by atoms with Crippen LogP contribution in [0.1, 0.15) is 5.69 Å². The minimum Gasteiger partial charge on any atom is -0.482 e. The predicted octanol–water partition coefficient (Wildman–Crippen LogP) is 1.33. The molecule has 1 amide bonds. The number of carbonyl (C=O) groups is 1. The summed E-state index contributed by atoms with van der Waals surface area (Å²) in [5, 5.41) is 15.5. The molecule has 4 rings (SSSR count). The highest BCUT2D eigenvalue weighted by Crippen LogP contribution is 2.21. The van der Waals surface area contributed by atoms with Gasteiger partial charge in [0.15, 0.2) is 5.75 Å². The highest BCUT2D eigenvalue weighted by molar-refractivity contribution is 5.84. The third kappa shape index (κ3) is 3.06. The number of aliphatic hydroxyl groups excluding tert-OH is 1. The number of amides is 1. The summed E-state index contributed by atoms with van der Waals surface area (Å²) in [5.41, 5.74) is 2.09. The lowest BCUT2D eigenvalue weighted by Crippen LogP contribution is -2.33. The summed E-state index contributed by atoms with van der Waals surface area (Å²) in [5.74, 6) is 0.573. The monoisotopic (exact) mass is 354 g/mol. The molecule has 0 bridgehead atoms. The molecule has 0 unspecified atom stereocenters. The maximum Gasteiger partial charge on any atom is 0.242 e. The molecule has 0 spiro atoms. The van der Waals surface area contributed by atoms with Gasteiger partial charge in [0.2, 0.25) is 5.91 Å². The molecule has 2 aromatic heterocycles. The van der Waals surface area contributed by atoms with Crippen LogP contribution in [0.2, 0.25) is 0 Å². The highest BCUT2D eigenvalue weighted by Gasteiger charge is 2.36. The van der Waals surface area contributed by atoms with Gasteiger partial charge in [0.05, 0.1) is 25.5 Å². The number of aromatic nitrogens is 3. The molecular weight excluding hydrogens is 332 g/mol. The van der Waals surface area contributed by atoms with E-state index in [0.717, 1.165) is 16.6 Å². The molecule has 0 radical (unpaired) electrons. The van der Waals surface area contributed by atoms with Crippen LogP contribution in [0.4, 0.5) is 0 Å². The third-order valence-electron chi connectivity index (χ3n) is 4.87. The van der Waals surface area contributed by atoms with Crippen molar-refractivity contribution >= 4 is 16.8 Å². The van der Waals surface area contributed by atoms with Crippen molar-refractivity contribution in [2.75, 3.05) is 13.1 Å². The highest BCUT2D eigenvalue weighted by atomic mass is 16.5. The van der Waals surface area contributed by atoms with E-state index in [0.29, 0.717) is 12.3 Å². The number of likely N-dealkylation sites (tertiary alicyclic amines) is 1. The number of β-amino-alcohol motifs (C(OH)–C–C–N with tert-alkyl or cyclic N) is 1. The fourth-order valence-corrected chi connectivity index (χ4v) is 3.50. The van der Waals surface area contributed by atoms with Crippen molar-refractivity contribution < 1.29 is 14.6 Å². The Balaban J connectivity index is 1.46. The molecule has 1 fully saturated rings. The number of aryl methyl sites for hydroxylation is 2. The number of ether oxygens (including phenoxy) is 1. The summed E-state index contributed by atoms with van der Waals surface area (Å²) < 4.78 is 9.44. The predicted molar refractivity (Wildman–Crippen MR) is 96.9 cm³/mol. The molecule has 7 nitrogen and oxygen atoms in total. The minimum atomic E-state index is -0.707. The average molecular weight is 354 g/mol. The molecule has 1 aromatic carbocycles. The van der Waals surface area contributed by atoms with Crippen LogP contribution in [-0.4, -0.2) is 55.6 Å². The number of hydrogen-bond donors (Lipinski definition) is 1. The van der Waals surface area contributed by atoms with Crippen LogP contribution in [0, 0.1) is 6.92 Å². The van der Waals surface area contributed by atoms with Gasteiger partial charge in [-0.3, -0.25) is 9.48 Å². The van der Waals surface area contributed by atoms with Crippen LogP contribution in [0.3, 0.4) is 0 Å². The molecule has 1 aliphatic rings. The van der Waals surface area contributed by atoms with Gasteiger partial charge in [0.25, 0.3) is 0 Å². The van der Waals surface area contributed by atoms with Gasteiger partial charge in [-0.25, -0.2) is 0 Å². The zero-order chi connectivity index (χ0) is 18.3. The first-order valence-electron chi connectivity index (χ1n) is 8.67. The van der Waals surface area contributed by atoms with E-state index in [4.69, 9.17) is 4.74 Å². The van der Waals surface area contributed by atoms with E-state index in [2.05, 4.69) is 11.2 Å². The first-order chi connectivity index (χ1) is 12.5. The van der Waals surface area contributed by atoms with E-state index in [1.54, 1.807) is 29.0 Å². The summed E-state index contributed by atoms with van der Waals surface area (Å²) in [6.07, 6.45) is 2.20. The van der Waals surface area contributed by atoms with Crippen molar-refractivity contribution in [1.82, 2.24) is 19.2 Å². The van der Waals surface area contributed by atoms with Gasteiger partial charge in [-0.05, 0) is 24.4 Å². The number of para-hydroxylation sites is 1. The maximum atomic E-state index is 12.8. The van der Waals surface area contributed by atoms with Gasteiger partial charge in [0.1, 0.15) is 18.8 Å². The van der Waals surface area contributed by atoms with E-state index in [9.17, 15) is 9.90 Å². The van der Waals surface area contributed by atoms with Crippen LogP contribution >= 0.6 is 0 Å². The fourth-order valence-electron chi connectivity index (χ4n) is 3.50. The van der Waals surface area contributed by atoms with E-state index in [-0.39, 0.29) is 19.0 Å². The summed E-state index contributed by atoms with van der Waals surface area (Å²) in [6, 6.07) is 10.1. The van der Waals surface area contributed by atoms with Crippen LogP contribution in [0.15, 0.2) is 42.7 Å². The largest absolute Gasteiger partial charge is 0.482 e. The first-order valence-corrected chi connectivity index (χ1v) is 8.67. The Bertz CT molecular complexity index is 945. The SMILES string of the molecule is Cc1cc2ccccc2n1CC(=O)N1C[C@@H](O)[C@H](Oc2cnn(C)c2)C1. The molecule has 7 heteroatoms. The Kier molecular flexibility index (Phi) is 4.16. The molecule has 0 saturated carbocycles. The molecule has 136 valence electrons. The number of hydrogen-bond acceptors (Lipinski definition) is 4. The van der Waals surface area contributed by atoms with Crippen molar-refractivity contribution in [3.8, 4) is 5.75 Å². The Morgan fingerprint density at radius 3 is 2.92 bits per heavy atom. The number of aliphatic hydroxyl groups is 1. The fraction of sp³-hybridized carbons (Fsp3) is 0.368. The average Bonchev–Trinajstić information content (AvgIpc) is 3.27. The number of nitrogens with zero attached hydrogens (tertiary/aromatic N) is 4. The minimum absolute atomic E-state index is 0.0224. The van der Waals surface area contributed by atoms with Gasteiger partial charge in [-0.15, -0.1) is 0 Å². The number of rotatable bonds is 4. The first kappa shape index (κ1) is 16.7. The zero-order valence-electron chi connectivity index (χ0n) is 14.9. The second kappa shape index (κ2) is 6.49. The van der Waals surface area contributed by atoms with Gasteiger partial charge in [-0.2, -0.15) is 5.10 Å². The van der Waals surface area contributed by atoms with E-state index < -0.39 is 12.2 Å². The second-order valence-corrected chi connectivity index (χ2v) is 6.80. The smallest absolute Gasteiger partial charge is 0.242 e. The molecule has 3 heterocycles. The lowest BCUT2D eigenvalue weighted by molar-refractivity contribution is -0.131. The zero-order valence-corrected chi connectivity index (χ0v) is 14.9. The van der Waals surface area contributed by atoms with Gasteiger partial charge < -0.3 is 19.3 Å². The van der Waals surface area contributed by atoms with Gasteiger partial charge >= 0.3 is 0 Å². The molecular formula is C19H22N4O3. The summed E-state index contributed by atoms with van der Waals surface area (Å²) in [4.78, 5) is 14.4. The van der Waals surface area contributed by atoms with E-state index in [1.165, 1.54) is 0 Å². The molecule has 1 N–H and O–H groups in total. The molecule has 26 heavy (non-hydrogen) atoms. The van der Waals surface area contributed by atoms with Crippen molar-refractivity contribution in [3.05, 3.63) is 48.4 Å². The quantitative estimate of drug-likeness (QED) is 0.767. The Hall–Kier alpha value is -2.80. The maximum absolute atomic E-state index is 12.8. The van der Waals surface area contributed by atoms with Crippen molar-refractivity contribution in [2.45, 2.75) is 25.7 Å². The van der Waals surface area contributed by atoms with E-state index >= 15 is 0 Å². The summed E-state index contributed by atoms with van der Waals surface area (Å²) in [6.45, 7) is 2.90. The van der Waals surface area contributed by atoms with Crippen molar-refractivity contribution in [2.24, 2.45) is 7.05 Å². The lowest BCUT2D eigenvalue weighted by atomic mass is 10.2. The van der Waals surface area contributed by atoms with Gasteiger partial charge in [0, 0.05) is 18.3 Å². The molecule has 2 atom stereocenters. The number of benzene rings is 1. The normalized spacial score (nSPS) is 20.0. The standard InChI is InChI=1S/C19H22N4O3/c1-13-7-14-5-3-4-6-16(14)23(13)12-19(25)22-10-17(24)18(11-22)26-15-8-20-21(2)9-15/h3-9,17-18,24H,10-12H2,1-2H3/t17-,18-/m1/s1. The Morgan fingerprint density at radius 2 is 2.15 bits per heavy atom. The number of carbonyl (C=O) groups excluding carboxylic acids is 1. The summed E-state index contributed by atoms with van der Waals surface area (Å²) >= 11 is 0. The topological polar surface area (TPSA) is 72.5 Å².